The zero-order valence-electron chi connectivity index (χ0n) is 9.58. The predicted octanol–water partition coefficient (Wildman–Crippen LogP) is 1.81. The number of piperidine rings is 1. The van der Waals surface area contributed by atoms with Gasteiger partial charge in [-0.15, -0.1) is 0 Å². The van der Waals surface area contributed by atoms with E-state index in [1.165, 1.54) is 24.1 Å². The van der Waals surface area contributed by atoms with E-state index in [4.69, 9.17) is 0 Å². The highest BCUT2D eigenvalue weighted by Gasteiger charge is 2.19. The second-order valence-corrected chi connectivity index (χ2v) is 4.22. The number of hydrogen-bond acceptors (Lipinski definition) is 3. The summed E-state index contributed by atoms with van der Waals surface area (Å²) in [4.78, 5) is 8.89. The van der Waals surface area contributed by atoms with Gasteiger partial charge in [0.2, 0.25) is 0 Å². The van der Waals surface area contributed by atoms with Gasteiger partial charge in [-0.25, -0.2) is 9.97 Å². The maximum Gasteiger partial charge on any atom is 0.125 e. The first-order valence-corrected chi connectivity index (χ1v) is 5.84. The van der Waals surface area contributed by atoms with Crippen LogP contribution >= 0.6 is 0 Å². The Kier molecular flexibility index (Phi) is 3.31. The molecule has 0 amide bonds. The molecule has 1 aliphatic rings. The summed E-state index contributed by atoms with van der Waals surface area (Å²) >= 11 is 0. The van der Waals surface area contributed by atoms with Crippen LogP contribution in [0.1, 0.15) is 42.8 Å². The van der Waals surface area contributed by atoms with Crippen LogP contribution in [0.15, 0.2) is 6.20 Å². The molecular weight excluding hydrogens is 186 g/mol. The summed E-state index contributed by atoms with van der Waals surface area (Å²) in [7, 11) is 0. The topological polar surface area (TPSA) is 37.8 Å². The summed E-state index contributed by atoms with van der Waals surface area (Å²) in [6, 6.07) is 0. The van der Waals surface area contributed by atoms with Gasteiger partial charge in [0.15, 0.2) is 0 Å². The lowest BCUT2D eigenvalue weighted by Crippen LogP contribution is -2.29. The molecule has 15 heavy (non-hydrogen) atoms. The average molecular weight is 205 g/mol. The highest BCUT2D eigenvalue weighted by molar-refractivity contribution is 5.22. The van der Waals surface area contributed by atoms with Crippen LogP contribution < -0.4 is 5.32 Å². The Morgan fingerprint density at radius 2 is 2.40 bits per heavy atom. The number of aryl methyl sites for hydroxylation is 2. The van der Waals surface area contributed by atoms with Gasteiger partial charge in [-0.05, 0) is 38.3 Å². The fourth-order valence-electron chi connectivity index (χ4n) is 2.22. The van der Waals surface area contributed by atoms with Crippen LogP contribution in [0.3, 0.4) is 0 Å². The summed E-state index contributed by atoms with van der Waals surface area (Å²) in [5.41, 5.74) is 2.59. The van der Waals surface area contributed by atoms with Gasteiger partial charge in [0, 0.05) is 18.7 Å². The van der Waals surface area contributed by atoms with E-state index in [9.17, 15) is 0 Å². The number of rotatable bonds is 2. The molecule has 1 aromatic rings. The van der Waals surface area contributed by atoms with Gasteiger partial charge in [0.1, 0.15) is 5.82 Å². The first-order chi connectivity index (χ1) is 7.31. The van der Waals surface area contributed by atoms with Crippen LogP contribution in [0.4, 0.5) is 0 Å². The van der Waals surface area contributed by atoms with Crippen molar-refractivity contribution >= 4 is 0 Å². The Hall–Kier alpha value is -0.960. The minimum absolute atomic E-state index is 0.593. The van der Waals surface area contributed by atoms with Gasteiger partial charge >= 0.3 is 0 Å². The Labute approximate surface area is 91.3 Å². The van der Waals surface area contributed by atoms with E-state index >= 15 is 0 Å². The number of aromatic nitrogens is 2. The fourth-order valence-corrected chi connectivity index (χ4v) is 2.22. The second-order valence-electron chi connectivity index (χ2n) is 4.22. The van der Waals surface area contributed by atoms with E-state index < -0.39 is 0 Å². The highest BCUT2D eigenvalue weighted by Crippen LogP contribution is 2.24. The van der Waals surface area contributed by atoms with Crippen molar-refractivity contribution < 1.29 is 0 Å². The molecule has 1 saturated heterocycles. The molecule has 1 aromatic heterocycles. The Balaban J connectivity index is 2.27. The monoisotopic (exact) mass is 205 g/mol. The number of hydrogen-bond donors (Lipinski definition) is 1. The molecule has 82 valence electrons. The lowest BCUT2D eigenvalue weighted by atomic mass is 9.92. The molecule has 0 radical (unpaired) electrons. The quantitative estimate of drug-likeness (QED) is 0.800. The van der Waals surface area contributed by atoms with Crippen molar-refractivity contribution in [3.8, 4) is 0 Å². The summed E-state index contributed by atoms with van der Waals surface area (Å²) in [5.74, 6) is 1.49. The van der Waals surface area contributed by atoms with Crippen molar-refractivity contribution in [3.05, 3.63) is 23.3 Å². The Morgan fingerprint density at radius 1 is 1.53 bits per heavy atom. The minimum Gasteiger partial charge on any atom is -0.316 e. The molecule has 0 spiro atoms. The molecule has 1 atom stereocenters. The predicted molar refractivity (Wildman–Crippen MR) is 61.0 cm³/mol. The van der Waals surface area contributed by atoms with Crippen molar-refractivity contribution in [2.75, 3.05) is 13.1 Å². The molecule has 3 heteroatoms. The number of nitrogens with one attached hydrogen (secondary N) is 1. The molecule has 1 fully saturated rings. The van der Waals surface area contributed by atoms with Crippen molar-refractivity contribution in [1.29, 1.82) is 0 Å². The standard InChI is InChI=1S/C12H19N3/c1-3-10-8-14-9(2)15-12(10)11-5-4-6-13-7-11/h8,11,13H,3-7H2,1-2H3. The lowest BCUT2D eigenvalue weighted by molar-refractivity contribution is 0.451. The summed E-state index contributed by atoms with van der Waals surface area (Å²) in [6.07, 6.45) is 5.55. The Morgan fingerprint density at radius 3 is 3.07 bits per heavy atom. The smallest absolute Gasteiger partial charge is 0.125 e. The van der Waals surface area contributed by atoms with E-state index in [1.807, 2.05) is 13.1 Å². The molecule has 0 aromatic carbocycles. The zero-order valence-corrected chi connectivity index (χ0v) is 9.58. The van der Waals surface area contributed by atoms with Gasteiger partial charge in [0.05, 0.1) is 5.69 Å². The maximum atomic E-state index is 4.62. The first kappa shape index (κ1) is 10.6. The third-order valence-corrected chi connectivity index (χ3v) is 3.08. The van der Waals surface area contributed by atoms with Gasteiger partial charge < -0.3 is 5.32 Å². The SMILES string of the molecule is CCc1cnc(C)nc1C1CCCNC1. The van der Waals surface area contributed by atoms with Crippen LogP contribution in [0.2, 0.25) is 0 Å². The number of nitrogens with zero attached hydrogens (tertiary/aromatic N) is 2. The molecular formula is C12H19N3. The zero-order chi connectivity index (χ0) is 10.7. The largest absolute Gasteiger partial charge is 0.316 e. The molecule has 1 aliphatic heterocycles. The first-order valence-electron chi connectivity index (χ1n) is 5.84. The van der Waals surface area contributed by atoms with Crippen molar-refractivity contribution in [3.63, 3.8) is 0 Å². The molecule has 1 N–H and O–H groups in total. The summed E-state index contributed by atoms with van der Waals surface area (Å²) in [6.45, 7) is 6.37. The van der Waals surface area contributed by atoms with Crippen LogP contribution in [0, 0.1) is 6.92 Å². The fraction of sp³-hybridized carbons (Fsp3) is 0.667. The van der Waals surface area contributed by atoms with Crippen LogP contribution in [0.25, 0.3) is 0 Å². The normalized spacial score (nSPS) is 21.6. The maximum absolute atomic E-state index is 4.62. The Bertz CT molecular complexity index is 330. The molecule has 2 rings (SSSR count). The third kappa shape index (κ3) is 2.34. The molecule has 2 heterocycles. The lowest BCUT2D eigenvalue weighted by Gasteiger charge is -2.24. The van der Waals surface area contributed by atoms with E-state index in [-0.39, 0.29) is 0 Å². The van der Waals surface area contributed by atoms with E-state index in [0.717, 1.165) is 25.3 Å². The average Bonchev–Trinajstić information content (AvgIpc) is 2.30. The van der Waals surface area contributed by atoms with Crippen molar-refractivity contribution in [2.24, 2.45) is 0 Å². The molecule has 0 aliphatic carbocycles. The van der Waals surface area contributed by atoms with Gasteiger partial charge in [-0.1, -0.05) is 6.92 Å². The van der Waals surface area contributed by atoms with Gasteiger partial charge in [-0.2, -0.15) is 0 Å². The summed E-state index contributed by atoms with van der Waals surface area (Å²) < 4.78 is 0. The minimum atomic E-state index is 0.593. The van der Waals surface area contributed by atoms with Crippen molar-refractivity contribution in [1.82, 2.24) is 15.3 Å². The van der Waals surface area contributed by atoms with E-state index in [1.54, 1.807) is 0 Å². The van der Waals surface area contributed by atoms with Crippen LogP contribution in [0.5, 0.6) is 0 Å². The molecule has 0 bridgehead atoms. The summed E-state index contributed by atoms with van der Waals surface area (Å²) in [5, 5.41) is 3.44. The van der Waals surface area contributed by atoms with Gasteiger partial charge in [-0.3, -0.25) is 0 Å². The molecule has 0 saturated carbocycles. The van der Waals surface area contributed by atoms with Crippen LogP contribution in [-0.4, -0.2) is 23.1 Å². The molecule has 1 unspecified atom stereocenters. The second kappa shape index (κ2) is 4.71. The molecule has 3 nitrogen and oxygen atoms in total. The van der Waals surface area contributed by atoms with Crippen LogP contribution in [-0.2, 0) is 6.42 Å². The van der Waals surface area contributed by atoms with E-state index in [2.05, 4.69) is 22.2 Å². The van der Waals surface area contributed by atoms with E-state index in [0.29, 0.717) is 5.92 Å². The van der Waals surface area contributed by atoms with Crippen molar-refractivity contribution in [2.45, 2.75) is 39.0 Å². The third-order valence-electron chi connectivity index (χ3n) is 3.08. The van der Waals surface area contributed by atoms with Gasteiger partial charge in [0.25, 0.3) is 0 Å². The highest BCUT2D eigenvalue weighted by atomic mass is 14.9.